The van der Waals surface area contributed by atoms with Gasteiger partial charge in [0.15, 0.2) is 0 Å². The Morgan fingerprint density at radius 2 is 2.50 bits per heavy atom. The Balaban J connectivity index is 1.86. The highest BCUT2D eigenvalue weighted by atomic mass is 32.1. The molecule has 78 valence electrons. The first-order valence-electron chi connectivity index (χ1n) is 5.02. The Labute approximate surface area is 87.5 Å². The fourth-order valence-electron chi connectivity index (χ4n) is 2.00. The van der Waals surface area contributed by atoms with E-state index in [0.29, 0.717) is 18.6 Å². The van der Waals surface area contributed by atoms with Gasteiger partial charge in [0, 0.05) is 24.2 Å². The molecule has 14 heavy (non-hydrogen) atoms. The van der Waals surface area contributed by atoms with Crippen LogP contribution >= 0.6 is 11.5 Å². The van der Waals surface area contributed by atoms with Crippen LogP contribution in [0.1, 0.15) is 25.7 Å². The van der Waals surface area contributed by atoms with E-state index in [-0.39, 0.29) is 0 Å². The Morgan fingerprint density at radius 3 is 3.21 bits per heavy atom. The zero-order valence-corrected chi connectivity index (χ0v) is 8.83. The predicted molar refractivity (Wildman–Crippen MR) is 56.4 cm³/mol. The van der Waals surface area contributed by atoms with Gasteiger partial charge in [0.25, 0.3) is 0 Å². The molecule has 0 aliphatic heterocycles. The molecule has 0 radical (unpaired) electrons. The van der Waals surface area contributed by atoms with Crippen molar-refractivity contribution in [2.24, 2.45) is 5.92 Å². The summed E-state index contributed by atoms with van der Waals surface area (Å²) in [5.41, 5.74) is 0. The number of hydrogen-bond donors (Lipinski definition) is 2. The van der Waals surface area contributed by atoms with Crippen molar-refractivity contribution >= 4 is 16.7 Å². The average Bonchev–Trinajstić information content (AvgIpc) is 2.71. The Morgan fingerprint density at radius 1 is 1.57 bits per heavy atom. The minimum atomic E-state index is 0.314. The van der Waals surface area contributed by atoms with Crippen molar-refractivity contribution in [3.05, 3.63) is 6.33 Å². The maximum absolute atomic E-state index is 9.08. The number of aliphatic hydroxyl groups excluding tert-OH is 1. The minimum Gasteiger partial charge on any atom is -0.396 e. The number of aliphatic hydroxyl groups is 1. The monoisotopic (exact) mass is 213 g/mol. The smallest absolute Gasteiger partial charge is 0.202 e. The van der Waals surface area contributed by atoms with Crippen LogP contribution in [0.15, 0.2) is 6.33 Å². The molecule has 5 heteroatoms. The second-order valence-corrected chi connectivity index (χ2v) is 4.58. The molecule has 1 aliphatic carbocycles. The molecule has 1 fully saturated rings. The SMILES string of the molecule is OCC1CCCC(Nc2ncns2)C1. The summed E-state index contributed by atoms with van der Waals surface area (Å²) in [6.45, 7) is 0.314. The van der Waals surface area contributed by atoms with Crippen LogP contribution < -0.4 is 5.32 Å². The summed E-state index contributed by atoms with van der Waals surface area (Å²) in [4.78, 5) is 4.09. The van der Waals surface area contributed by atoms with E-state index in [4.69, 9.17) is 5.11 Å². The van der Waals surface area contributed by atoms with Gasteiger partial charge in [-0.1, -0.05) is 6.42 Å². The summed E-state index contributed by atoms with van der Waals surface area (Å²) < 4.78 is 3.95. The van der Waals surface area contributed by atoms with Crippen molar-refractivity contribution < 1.29 is 5.11 Å². The Kier molecular flexibility index (Phi) is 3.31. The van der Waals surface area contributed by atoms with Gasteiger partial charge < -0.3 is 10.4 Å². The van der Waals surface area contributed by atoms with Crippen LogP contribution in [0.2, 0.25) is 0 Å². The Hall–Kier alpha value is -0.680. The van der Waals surface area contributed by atoms with Crippen LogP contribution in [-0.2, 0) is 0 Å². The molecule has 4 nitrogen and oxygen atoms in total. The summed E-state index contributed by atoms with van der Waals surface area (Å²) in [5, 5.41) is 13.3. The fraction of sp³-hybridized carbons (Fsp3) is 0.778. The third-order valence-electron chi connectivity index (χ3n) is 2.73. The molecule has 2 N–H and O–H groups in total. The summed E-state index contributed by atoms with van der Waals surface area (Å²) >= 11 is 1.39. The van der Waals surface area contributed by atoms with Gasteiger partial charge in [-0.3, -0.25) is 0 Å². The van der Waals surface area contributed by atoms with Crippen molar-refractivity contribution in [1.29, 1.82) is 0 Å². The van der Waals surface area contributed by atoms with Crippen molar-refractivity contribution in [3.63, 3.8) is 0 Å². The number of rotatable bonds is 3. The van der Waals surface area contributed by atoms with Crippen molar-refractivity contribution in [2.75, 3.05) is 11.9 Å². The molecule has 1 heterocycles. The van der Waals surface area contributed by atoms with E-state index in [2.05, 4.69) is 14.7 Å². The van der Waals surface area contributed by atoms with Crippen molar-refractivity contribution in [3.8, 4) is 0 Å². The lowest BCUT2D eigenvalue weighted by Crippen LogP contribution is -2.28. The van der Waals surface area contributed by atoms with E-state index in [1.54, 1.807) is 6.33 Å². The highest BCUT2D eigenvalue weighted by molar-refractivity contribution is 7.09. The largest absolute Gasteiger partial charge is 0.396 e. The van der Waals surface area contributed by atoms with Crippen LogP contribution in [0, 0.1) is 5.92 Å². The maximum atomic E-state index is 9.08. The quantitative estimate of drug-likeness (QED) is 0.799. The van der Waals surface area contributed by atoms with E-state index in [1.807, 2.05) is 0 Å². The summed E-state index contributed by atoms with van der Waals surface area (Å²) in [6, 6.07) is 0.467. The summed E-state index contributed by atoms with van der Waals surface area (Å²) in [5.74, 6) is 0.467. The van der Waals surface area contributed by atoms with Gasteiger partial charge in [-0.2, -0.15) is 4.37 Å². The lowest BCUT2D eigenvalue weighted by molar-refractivity contribution is 0.184. The first-order valence-corrected chi connectivity index (χ1v) is 5.80. The van der Waals surface area contributed by atoms with Crippen LogP contribution in [0.4, 0.5) is 5.13 Å². The number of anilines is 1. The molecule has 0 amide bonds. The predicted octanol–water partition coefficient (Wildman–Crippen LogP) is 1.50. The second-order valence-electron chi connectivity index (χ2n) is 3.80. The molecule has 1 aliphatic rings. The minimum absolute atomic E-state index is 0.314. The van der Waals surface area contributed by atoms with Gasteiger partial charge in [-0.05, 0) is 25.2 Å². The summed E-state index contributed by atoms with van der Waals surface area (Å²) in [7, 11) is 0. The molecule has 0 saturated heterocycles. The third kappa shape index (κ3) is 2.42. The normalized spacial score (nSPS) is 27.5. The number of hydrogen-bond acceptors (Lipinski definition) is 5. The zero-order chi connectivity index (χ0) is 9.80. The average molecular weight is 213 g/mol. The zero-order valence-electron chi connectivity index (χ0n) is 8.02. The van der Waals surface area contributed by atoms with Gasteiger partial charge in [-0.25, -0.2) is 4.98 Å². The fourth-order valence-corrected chi connectivity index (χ4v) is 2.51. The molecule has 1 aromatic rings. The van der Waals surface area contributed by atoms with Crippen LogP contribution in [0.3, 0.4) is 0 Å². The molecule has 2 rings (SSSR count). The standard InChI is InChI=1S/C9H15N3OS/c13-5-7-2-1-3-8(4-7)12-9-10-6-11-14-9/h6-8,13H,1-5H2,(H,10,11,12). The second kappa shape index (κ2) is 4.70. The van der Waals surface area contributed by atoms with E-state index >= 15 is 0 Å². The van der Waals surface area contributed by atoms with Gasteiger partial charge in [-0.15, -0.1) is 0 Å². The number of nitrogens with one attached hydrogen (secondary N) is 1. The molecular weight excluding hydrogens is 198 g/mol. The van der Waals surface area contributed by atoms with Crippen LogP contribution in [0.5, 0.6) is 0 Å². The van der Waals surface area contributed by atoms with Gasteiger partial charge in [0.1, 0.15) is 6.33 Å². The Bertz CT molecular complexity index is 265. The van der Waals surface area contributed by atoms with E-state index in [0.717, 1.165) is 18.0 Å². The first kappa shape index (κ1) is 9.86. The van der Waals surface area contributed by atoms with E-state index in [9.17, 15) is 0 Å². The summed E-state index contributed by atoms with van der Waals surface area (Å²) in [6.07, 6.45) is 6.15. The first-order chi connectivity index (χ1) is 6.88. The topological polar surface area (TPSA) is 58.0 Å². The lowest BCUT2D eigenvalue weighted by atomic mass is 9.86. The highest BCUT2D eigenvalue weighted by Crippen LogP contribution is 2.26. The molecule has 1 aromatic heterocycles. The maximum Gasteiger partial charge on any atom is 0.202 e. The number of aromatic nitrogens is 2. The van der Waals surface area contributed by atoms with Crippen molar-refractivity contribution in [2.45, 2.75) is 31.7 Å². The van der Waals surface area contributed by atoms with Gasteiger partial charge >= 0.3 is 0 Å². The molecular formula is C9H15N3OS. The van der Waals surface area contributed by atoms with E-state index in [1.165, 1.54) is 24.4 Å². The third-order valence-corrected chi connectivity index (χ3v) is 3.33. The van der Waals surface area contributed by atoms with Crippen molar-refractivity contribution in [1.82, 2.24) is 9.36 Å². The lowest BCUT2D eigenvalue weighted by Gasteiger charge is -2.28. The van der Waals surface area contributed by atoms with Crippen LogP contribution in [-0.4, -0.2) is 27.1 Å². The molecule has 1 saturated carbocycles. The molecule has 0 spiro atoms. The van der Waals surface area contributed by atoms with Crippen LogP contribution in [0.25, 0.3) is 0 Å². The molecule has 0 bridgehead atoms. The van der Waals surface area contributed by atoms with E-state index < -0.39 is 0 Å². The highest BCUT2D eigenvalue weighted by Gasteiger charge is 2.21. The molecule has 0 aromatic carbocycles. The van der Waals surface area contributed by atoms with Gasteiger partial charge in [0.05, 0.1) is 0 Å². The molecule has 2 atom stereocenters. The number of nitrogens with zero attached hydrogens (tertiary/aromatic N) is 2. The van der Waals surface area contributed by atoms with Gasteiger partial charge in [0.2, 0.25) is 5.13 Å². The molecule has 2 unspecified atom stereocenters.